The first kappa shape index (κ1) is 20.2. The number of carbonyl (C=O) groups is 1. The lowest BCUT2D eigenvalue weighted by atomic mass is 10.2. The maximum Gasteiger partial charge on any atom is 0.237 e. The Kier molecular flexibility index (Phi) is 6.21. The van der Waals surface area contributed by atoms with E-state index in [-0.39, 0.29) is 5.91 Å². The van der Waals surface area contributed by atoms with Crippen LogP contribution in [0.2, 0.25) is 5.02 Å². The fourth-order valence-corrected chi connectivity index (χ4v) is 3.51. The molecule has 2 aromatic heterocycles. The molecule has 0 radical (unpaired) electrons. The highest BCUT2D eigenvalue weighted by atomic mass is 35.5. The summed E-state index contributed by atoms with van der Waals surface area (Å²) in [6.07, 6.45) is 3.41. The van der Waals surface area contributed by atoms with Crippen molar-refractivity contribution < 1.29 is 9.53 Å². The highest BCUT2D eigenvalue weighted by Gasteiger charge is 2.21. The molecule has 2 heterocycles. The lowest BCUT2D eigenvalue weighted by Gasteiger charge is -2.15. The van der Waals surface area contributed by atoms with Crippen molar-refractivity contribution in [3.8, 4) is 17.1 Å². The number of nitrogens with one attached hydrogen (secondary N) is 1. The molecule has 0 aliphatic rings. The molecule has 0 aliphatic heterocycles. The van der Waals surface area contributed by atoms with Gasteiger partial charge in [0.1, 0.15) is 5.75 Å². The molecule has 3 rings (SSSR count). The molecule has 1 atom stereocenters. The number of nitrogens with zero attached hydrogens (tertiary/aromatic N) is 4. The van der Waals surface area contributed by atoms with Gasteiger partial charge in [-0.1, -0.05) is 23.4 Å². The van der Waals surface area contributed by atoms with Gasteiger partial charge in [0, 0.05) is 36.1 Å². The van der Waals surface area contributed by atoms with E-state index in [9.17, 15) is 4.79 Å². The van der Waals surface area contributed by atoms with Gasteiger partial charge in [-0.2, -0.15) is 0 Å². The molecule has 3 aromatic rings. The van der Waals surface area contributed by atoms with Gasteiger partial charge in [0.15, 0.2) is 11.0 Å². The Bertz CT molecular complexity index is 993. The highest BCUT2D eigenvalue weighted by molar-refractivity contribution is 8.00. The summed E-state index contributed by atoms with van der Waals surface area (Å²) in [5.74, 6) is 1.06. The van der Waals surface area contributed by atoms with Gasteiger partial charge in [-0.25, -0.2) is 0 Å². The van der Waals surface area contributed by atoms with Crippen LogP contribution in [0.5, 0.6) is 5.75 Å². The van der Waals surface area contributed by atoms with Gasteiger partial charge >= 0.3 is 0 Å². The van der Waals surface area contributed by atoms with Crippen molar-refractivity contribution in [3.63, 3.8) is 0 Å². The second-order valence-corrected chi connectivity index (χ2v) is 7.87. The first-order valence-corrected chi connectivity index (χ1v) is 9.78. The minimum absolute atomic E-state index is 0.168. The third-order valence-corrected chi connectivity index (χ3v) is 5.70. The second-order valence-electron chi connectivity index (χ2n) is 6.15. The number of aryl methyl sites for hydroxylation is 1. The molecule has 0 spiro atoms. The number of pyridine rings is 1. The topological polar surface area (TPSA) is 81.9 Å². The zero-order chi connectivity index (χ0) is 20.3. The average molecular weight is 418 g/mol. The number of carbonyl (C=O) groups excluding carboxylic acids is 1. The van der Waals surface area contributed by atoms with Crippen molar-refractivity contribution in [2.75, 3.05) is 12.4 Å². The van der Waals surface area contributed by atoms with E-state index in [0.29, 0.717) is 27.4 Å². The summed E-state index contributed by atoms with van der Waals surface area (Å²) in [6, 6.07) is 7.21. The number of rotatable bonds is 6. The monoisotopic (exact) mass is 417 g/mol. The van der Waals surface area contributed by atoms with Crippen molar-refractivity contribution in [1.82, 2.24) is 19.7 Å². The molecule has 146 valence electrons. The minimum Gasteiger partial charge on any atom is -0.495 e. The Morgan fingerprint density at radius 2 is 2.00 bits per heavy atom. The Hall–Kier alpha value is -2.58. The minimum atomic E-state index is -0.395. The first-order valence-electron chi connectivity index (χ1n) is 8.52. The molecule has 0 unspecified atom stereocenters. The quantitative estimate of drug-likeness (QED) is 0.611. The molecule has 7 nitrogen and oxygen atoms in total. The lowest BCUT2D eigenvalue weighted by Crippen LogP contribution is -2.23. The molecular formula is C19H20ClN5O2S. The van der Waals surface area contributed by atoms with Crippen LogP contribution in [0.15, 0.2) is 41.8 Å². The number of halogens is 1. The third kappa shape index (κ3) is 4.28. The number of hydrogen-bond donors (Lipinski definition) is 1. The molecule has 28 heavy (non-hydrogen) atoms. The SMILES string of the molecule is COc1cc(Cl)c(C)cc1NC(=O)[C@@H](C)Sc1nnc(-c2ccncc2)n1C. The number of thioether (sulfide) groups is 1. The molecule has 0 fully saturated rings. The molecule has 1 amide bonds. The van der Waals surface area contributed by atoms with E-state index in [4.69, 9.17) is 16.3 Å². The number of aromatic nitrogens is 4. The highest BCUT2D eigenvalue weighted by Crippen LogP contribution is 2.32. The van der Waals surface area contributed by atoms with Gasteiger partial charge in [0.2, 0.25) is 5.91 Å². The third-order valence-electron chi connectivity index (χ3n) is 4.16. The van der Waals surface area contributed by atoms with Crippen molar-refractivity contribution in [1.29, 1.82) is 0 Å². The zero-order valence-corrected chi connectivity index (χ0v) is 17.5. The number of ether oxygens (including phenoxy) is 1. The Morgan fingerprint density at radius 1 is 1.29 bits per heavy atom. The van der Waals surface area contributed by atoms with Crippen LogP contribution in [0.3, 0.4) is 0 Å². The van der Waals surface area contributed by atoms with Gasteiger partial charge in [0.25, 0.3) is 0 Å². The van der Waals surface area contributed by atoms with Crippen LogP contribution in [-0.4, -0.2) is 38.0 Å². The van der Waals surface area contributed by atoms with Gasteiger partial charge in [-0.15, -0.1) is 10.2 Å². The van der Waals surface area contributed by atoms with Gasteiger partial charge in [0.05, 0.1) is 18.0 Å². The molecule has 0 bridgehead atoms. The summed E-state index contributed by atoms with van der Waals surface area (Å²) in [4.78, 5) is 16.7. The zero-order valence-electron chi connectivity index (χ0n) is 15.9. The van der Waals surface area contributed by atoms with Gasteiger partial charge in [-0.05, 0) is 37.6 Å². The first-order chi connectivity index (χ1) is 13.4. The van der Waals surface area contributed by atoms with Crippen LogP contribution in [0.4, 0.5) is 5.69 Å². The lowest BCUT2D eigenvalue weighted by molar-refractivity contribution is -0.115. The molecule has 0 aliphatic carbocycles. The van der Waals surface area contributed by atoms with Crippen LogP contribution >= 0.6 is 23.4 Å². The normalized spacial score (nSPS) is 11.9. The number of benzene rings is 1. The van der Waals surface area contributed by atoms with E-state index in [1.165, 1.54) is 18.9 Å². The smallest absolute Gasteiger partial charge is 0.237 e. The van der Waals surface area contributed by atoms with Crippen LogP contribution in [0, 0.1) is 6.92 Å². The number of methoxy groups -OCH3 is 1. The van der Waals surface area contributed by atoms with Gasteiger partial charge in [-0.3, -0.25) is 9.78 Å². The van der Waals surface area contributed by atoms with E-state index in [1.54, 1.807) is 24.5 Å². The van der Waals surface area contributed by atoms with E-state index in [0.717, 1.165) is 11.1 Å². The fourth-order valence-electron chi connectivity index (χ4n) is 2.55. The predicted octanol–water partition coefficient (Wildman–Crippen LogP) is 3.97. The van der Waals surface area contributed by atoms with Crippen molar-refractivity contribution in [2.45, 2.75) is 24.3 Å². The van der Waals surface area contributed by atoms with Crippen LogP contribution in [0.25, 0.3) is 11.4 Å². The molecule has 1 N–H and O–H groups in total. The summed E-state index contributed by atoms with van der Waals surface area (Å²) in [6.45, 7) is 3.69. The fraction of sp³-hybridized carbons (Fsp3) is 0.263. The molecule has 0 saturated carbocycles. The van der Waals surface area contributed by atoms with Crippen LogP contribution in [-0.2, 0) is 11.8 Å². The standard InChI is InChI=1S/C19H20ClN5O2S/c1-11-9-15(16(27-4)10-14(11)20)22-18(26)12(2)28-19-24-23-17(25(19)3)13-5-7-21-8-6-13/h5-10,12H,1-4H3,(H,22,26)/t12-/m1/s1. The van der Waals surface area contributed by atoms with E-state index >= 15 is 0 Å². The van der Waals surface area contributed by atoms with Crippen LogP contribution < -0.4 is 10.1 Å². The summed E-state index contributed by atoms with van der Waals surface area (Å²) < 4.78 is 7.17. The maximum absolute atomic E-state index is 12.7. The summed E-state index contributed by atoms with van der Waals surface area (Å²) in [5, 5.41) is 12.2. The Balaban J connectivity index is 1.74. The summed E-state index contributed by atoms with van der Waals surface area (Å²) >= 11 is 7.45. The predicted molar refractivity (Wildman–Crippen MR) is 111 cm³/mol. The van der Waals surface area contributed by atoms with E-state index < -0.39 is 5.25 Å². The number of hydrogen-bond acceptors (Lipinski definition) is 6. The number of amides is 1. The molecule has 9 heteroatoms. The molecule has 0 saturated heterocycles. The van der Waals surface area contributed by atoms with E-state index in [2.05, 4.69) is 20.5 Å². The van der Waals surface area contributed by atoms with Crippen LogP contribution in [0.1, 0.15) is 12.5 Å². The second kappa shape index (κ2) is 8.62. The Morgan fingerprint density at radius 3 is 2.68 bits per heavy atom. The summed E-state index contributed by atoms with van der Waals surface area (Å²) in [5.41, 5.74) is 2.35. The molecular weight excluding hydrogens is 398 g/mol. The molecule has 1 aromatic carbocycles. The van der Waals surface area contributed by atoms with E-state index in [1.807, 2.05) is 37.6 Å². The maximum atomic E-state index is 12.7. The number of anilines is 1. The Labute approximate surface area is 172 Å². The largest absolute Gasteiger partial charge is 0.495 e. The van der Waals surface area contributed by atoms with Gasteiger partial charge < -0.3 is 14.6 Å². The summed E-state index contributed by atoms with van der Waals surface area (Å²) in [7, 11) is 3.41. The van der Waals surface area contributed by atoms with Crippen molar-refractivity contribution in [2.24, 2.45) is 7.05 Å². The van der Waals surface area contributed by atoms with Crippen molar-refractivity contribution in [3.05, 3.63) is 47.2 Å². The van der Waals surface area contributed by atoms with Crippen molar-refractivity contribution >= 4 is 35.0 Å². The average Bonchev–Trinajstić information content (AvgIpc) is 3.05.